The SMILES string of the molecule is C/C(=N\OCc1c(F)c(F)c(F)c(F)c1F)c1ccccc1. The summed E-state index contributed by atoms with van der Waals surface area (Å²) in [6.07, 6.45) is 0. The zero-order chi connectivity index (χ0) is 16.3. The Morgan fingerprint density at radius 2 is 1.36 bits per heavy atom. The van der Waals surface area contributed by atoms with E-state index in [1.165, 1.54) is 0 Å². The minimum absolute atomic E-state index is 0.393. The van der Waals surface area contributed by atoms with Gasteiger partial charge in [0.25, 0.3) is 0 Å². The van der Waals surface area contributed by atoms with Gasteiger partial charge in [0.05, 0.1) is 11.3 Å². The molecule has 0 amide bonds. The monoisotopic (exact) mass is 315 g/mol. The molecular formula is C15H10F5NO. The summed E-state index contributed by atoms with van der Waals surface area (Å²) in [5, 5.41) is 3.60. The summed E-state index contributed by atoms with van der Waals surface area (Å²) in [6, 6.07) is 8.73. The minimum atomic E-state index is -2.21. The molecular weight excluding hydrogens is 305 g/mol. The lowest BCUT2D eigenvalue weighted by molar-refractivity contribution is 0.123. The van der Waals surface area contributed by atoms with Gasteiger partial charge in [-0.15, -0.1) is 0 Å². The maximum Gasteiger partial charge on any atom is 0.200 e. The van der Waals surface area contributed by atoms with Crippen molar-refractivity contribution in [2.75, 3.05) is 0 Å². The maximum absolute atomic E-state index is 13.4. The van der Waals surface area contributed by atoms with E-state index in [1.807, 2.05) is 0 Å². The van der Waals surface area contributed by atoms with E-state index in [0.29, 0.717) is 11.3 Å². The molecule has 22 heavy (non-hydrogen) atoms. The molecule has 0 radical (unpaired) electrons. The van der Waals surface area contributed by atoms with Crippen molar-refractivity contribution in [1.29, 1.82) is 0 Å². The summed E-state index contributed by atoms with van der Waals surface area (Å²) in [6.45, 7) is 0.698. The highest BCUT2D eigenvalue weighted by atomic mass is 19.2. The minimum Gasteiger partial charge on any atom is -0.390 e. The van der Waals surface area contributed by atoms with Crippen molar-refractivity contribution in [2.24, 2.45) is 5.16 Å². The van der Waals surface area contributed by atoms with Crippen LogP contribution < -0.4 is 0 Å². The molecule has 0 heterocycles. The first kappa shape index (κ1) is 15.9. The van der Waals surface area contributed by atoms with E-state index in [9.17, 15) is 22.0 Å². The fraction of sp³-hybridized carbons (Fsp3) is 0.133. The van der Waals surface area contributed by atoms with Gasteiger partial charge >= 0.3 is 0 Å². The molecule has 0 N–H and O–H groups in total. The molecule has 2 aromatic rings. The van der Waals surface area contributed by atoms with Crippen LogP contribution in [0.2, 0.25) is 0 Å². The third-order valence-electron chi connectivity index (χ3n) is 2.90. The van der Waals surface area contributed by atoms with Gasteiger partial charge in [-0.2, -0.15) is 0 Å². The Kier molecular flexibility index (Phi) is 4.75. The van der Waals surface area contributed by atoms with Crippen LogP contribution in [0.4, 0.5) is 22.0 Å². The van der Waals surface area contributed by atoms with Crippen molar-refractivity contribution in [2.45, 2.75) is 13.5 Å². The van der Waals surface area contributed by atoms with Gasteiger partial charge in [0.1, 0.15) is 6.61 Å². The van der Waals surface area contributed by atoms with E-state index in [4.69, 9.17) is 4.84 Å². The van der Waals surface area contributed by atoms with Gasteiger partial charge in [-0.3, -0.25) is 0 Å². The number of oxime groups is 1. The average molecular weight is 315 g/mol. The molecule has 7 heteroatoms. The van der Waals surface area contributed by atoms with Crippen molar-refractivity contribution in [1.82, 2.24) is 0 Å². The Morgan fingerprint density at radius 1 is 0.864 bits per heavy atom. The van der Waals surface area contributed by atoms with Gasteiger partial charge in [0.15, 0.2) is 23.3 Å². The number of rotatable bonds is 4. The lowest BCUT2D eigenvalue weighted by Crippen LogP contribution is -2.08. The number of hydrogen-bond donors (Lipinski definition) is 0. The van der Waals surface area contributed by atoms with Crippen LogP contribution in [0, 0.1) is 29.1 Å². The van der Waals surface area contributed by atoms with Crippen LogP contribution in [0.25, 0.3) is 0 Å². The molecule has 0 unspecified atom stereocenters. The van der Waals surface area contributed by atoms with Crippen molar-refractivity contribution in [3.05, 3.63) is 70.5 Å². The van der Waals surface area contributed by atoms with Gasteiger partial charge in [-0.1, -0.05) is 35.5 Å². The van der Waals surface area contributed by atoms with Crippen LogP contribution in [-0.2, 0) is 11.4 Å². The summed E-state index contributed by atoms with van der Waals surface area (Å²) in [4.78, 5) is 4.70. The molecule has 116 valence electrons. The smallest absolute Gasteiger partial charge is 0.200 e. The molecule has 0 fully saturated rings. The summed E-state index contributed by atoms with van der Waals surface area (Å²) in [7, 11) is 0. The molecule has 0 atom stereocenters. The zero-order valence-corrected chi connectivity index (χ0v) is 11.3. The van der Waals surface area contributed by atoms with Gasteiger partial charge in [0.2, 0.25) is 5.82 Å². The van der Waals surface area contributed by atoms with Gasteiger partial charge in [0, 0.05) is 0 Å². The highest BCUT2D eigenvalue weighted by Crippen LogP contribution is 2.23. The van der Waals surface area contributed by atoms with Crippen molar-refractivity contribution < 1.29 is 26.8 Å². The molecule has 0 aliphatic rings. The lowest BCUT2D eigenvalue weighted by Gasteiger charge is -2.07. The fourth-order valence-corrected chi connectivity index (χ4v) is 1.70. The fourth-order valence-electron chi connectivity index (χ4n) is 1.70. The van der Waals surface area contributed by atoms with E-state index in [1.54, 1.807) is 37.3 Å². The molecule has 2 nitrogen and oxygen atoms in total. The molecule has 0 saturated heterocycles. The molecule has 0 aliphatic heterocycles. The number of benzene rings is 2. The van der Waals surface area contributed by atoms with Crippen LogP contribution in [0.5, 0.6) is 0 Å². The van der Waals surface area contributed by atoms with E-state index < -0.39 is 41.3 Å². The second-order valence-electron chi connectivity index (χ2n) is 4.36. The summed E-state index contributed by atoms with van der Waals surface area (Å²) in [5.41, 5.74) is 0.0189. The van der Waals surface area contributed by atoms with E-state index in [-0.39, 0.29) is 0 Å². The predicted octanol–water partition coefficient (Wildman–Crippen LogP) is 4.32. The lowest BCUT2D eigenvalue weighted by atomic mass is 10.1. The topological polar surface area (TPSA) is 21.6 Å². The molecule has 2 rings (SSSR count). The summed E-state index contributed by atoms with van der Waals surface area (Å²) in [5.74, 6) is -10.1. The molecule has 2 aromatic carbocycles. The Morgan fingerprint density at radius 3 is 1.91 bits per heavy atom. The van der Waals surface area contributed by atoms with E-state index in [2.05, 4.69) is 5.16 Å². The molecule has 0 aliphatic carbocycles. The largest absolute Gasteiger partial charge is 0.390 e. The Bertz CT molecular complexity index is 687. The van der Waals surface area contributed by atoms with Gasteiger partial charge in [-0.05, 0) is 12.5 Å². The molecule has 0 spiro atoms. The van der Waals surface area contributed by atoms with Crippen LogP contribution in [0.1, 0.15) is 18.1 Å². The van der Waals surface area contributed by atoms with E-state index in [0.717, 1.165) is 0 Å². The molecule has 0 saturated carbocycles. The van der Waals surface area contributed by atoms with Crippen LogP contribution in [0.3, 0.4) is 0 Å². The number of halogens is 5. The van der Waals surface area contributed by atoms with Gasteiger partial charge in [-0.25, -0.2) is 22.0 Å². The molecule has 0 aromatic heterocycles. The third-order valence-corrected chi connectivity index (χ3v) is 2.90. The van der Waals surface area contributed by atoms with Crippen molar-refractivity contribution in [3.8, 4) is 0 Å². The highest BCUT2D eigenvalue weighted by Gasteiger charge is 2.25. The van der Waals surface area contributed by atoms with Gasteiger partial charge < -0.3 is 4.84 Å². The Labute approximate surface area is 122 Å². The second-order valence-corrected chi connectivity index (χ2v) is 4.36. The van der Waals surface area contributed by atoms with Crippen LogP contribution in [-0.4, -0.2) is 5.71 Å². The van der Waals surface area contributed by atoms with Crippen LogP contribution >= 0.6 is 0 Å². The first-order valence-corrected chi connectivity index (χ1v) is 6.15. The first-order chi connectivity index (χ1) is 10.4. The first-order valence-electron chi connectivity index (χ1n) is 6.15. The predicted molar refractivity (Wildman–Crippen MR) is 69.7 cm³/mol. The standard InChI is InChI=1S/C15H10F5NO/c1-8(9-5-3-2-4-6-9)21-22-7-10-11(16)13(18)15(20)14(19)12(10)17/h2-6H,7H2,1H3/b21-8+. The van der Waals surface area contributed by atoms with E-state index >= 15 is 0 Å². The third kappa shape index (κ3) is 3.08. The highest BCUT2D eigenvalue weighted by molar-refractivity contribution is 5.98. The second kappa shape index (κ2) is 6.55. The van der Waals surface area contributed by atoms with Crippen molar-refractivity contribution >= 4 is 5.71 Å². The quantitative estimate of drug-likeness (QED) is 0.271. The maximum atomic E-state index is 13.4. The van der Waals surface area contributed by atoms with Crippen molar-refractivity contribution in [3.63, 3.8) is 0 Å². The Balaban J connectivity index is 2.19. The van der Waals surface area contributed by atoms with Crippen LogP contribution in [0.15, 0.2) is 35.5 Å². The number of nitrogens with zero attached hydrogens (tertiary/aromatic N) is 1. The summed E-state index contributed by atoms with van der Waals surface area (Å²) < 4.78 is 65.7. The number of hydrogen-bond acceptors (Lipinski definition) is 2. The Hall–Kier alpha value is -2.44. The average Bonchev–Trinajstić information content (AvgIpc) is 2.55. The molecule has 0 bridgehead atoms. The normalized spacial score (nSPS) is 11.6. The summed E-state index contributed by atoms with van der Waals surface area (Å²) >= 11 is 0. The zero-order valence-electron chi connectivity index (χ0n) is 11.3.